The van der Waals surface area contributed by atoms with Crippen LogP contribution in [-0.2, 0) is 0 Å². The third kappa shape index (κ3) is 3.92. The molecule has 3 aromatic heterocycles. The molecule has 0 amide bonds. The molecule has 0 fully saturated rings. The number of hydrogen-bond donors (Lipinski definition) is 0. The molecule has 3 heterocycles. The van der Waals surface area contributed by atoms with Crippen LogP contribution >= 0.6 is 0 Å². The van der Waals surface area contributed by atoms with E-state index in [2.05, 4.69) is 138 Å². The Morgan fingerprint density at radius 1 is 0.447 bits per heavy atom. The molecule has 0 saturated heterocycles. The predicted molar refractivity (Wildman–Crippen MR) is 192 cm³/mol. The Balaban J connectivity index is 1.27. The standard InChI is InChI=1S/C43H26N2O2/c1-3-12-27(13-4-1)40-34(43-44-36-19-8-9-20-37(36)45(43)29-14-5-2-6-15-29)24-23-33-32-18-11-17-30(41(32)47-42(33)40)28-22-25-39-35(26-28)31-16-7-10-21-38(31)46-39/h1-26H. The van der Waals surface area contributed by atoms with Crippen molar-refractivity contribution in [2.24, 2.45) is 0 Å². The van der Waals surface area contributed by atoms with Gasteiger partial charge in [0.05, 0.1) is 11.0 Å². The predicted octanol–water partition coefficient (Wildman–Crippen LogP) is 11.8. The van der Waals surface area contributed by atoms with Gasteiger partial charge >= 0.3 is 0 Å². The number of para-hydroxylation sites is 5. The molecule has 0 aliphatic heterocycles. The van der Waals surface area contributed by atoms with Crippen molar-refractivity contribution in [3.05, 3.63) is 158 Å². The number of rotatable bonds is 4. The smallest absolute Gasteiger partial charge is 0.146 e. The summed E-state index contributed by atoms with van der Waals surface area (Å²) in [5, 5.41) is 4.35. The third-order valence-electron chi connectivity index (χ3n) is 9.23. The quantitative estimate of drug-likeness (QED) is 0.201. The molecule has 0 saturated carbocycles. The number of aromatic nitrogens is 2. The maximum atomic E-state index is 7.03. The second-order valence-corrected chi connectivity index (χ2v) is 11.9. The van der Waals surface area contributed by atoms with Crippen LogP contribution in [0, 0.1) is 0 Å². The second kappa shape index (κ2) is 10.1. The molecule has 0 N–H and O–H groups in total. The second-order valence-electron chi connectivity index (χ2n) is 11.9. The molecule has 0 unspecified atom stereocenters. The number of benzene rings is 7. The lowest BCUT2D eigenvalue weighted by Gasteiger charge is -2.14. The Kier molecular flexibility index (Phi) is 5.54. The monoisotopic (exact) mass is 602 g/mol. The van der Waals surface area contributed by atoms with Gasteiger partial charge in [0.15, 0.2) is 0 Å². The molecule has 0 radical (unpaired) electrons. The summed E-state index contributed by atoms with van der Waals surface area (Å²) in [6, 6.07) is 54.7. The van der Waals surface area contributed by atoms with Crippen molar-refractivity contribution in [2.45, 2.75) is 0 Å². The van der Waals surface area contributed by atoms with Crippen molar-refractivity contribution in [2.75, 3.05) is 0 Å². The average molecular weight is 603 g/mol. The fourth-order valence-electron chi connectivity index (χ4n) is 7.11. The minimum absolute atomic E-state index is 0.845. The van der Waals surface area contributed by atoms with Gasteiger partial charge in [-0.2, -0.15) is 0 Å². The molecular formula is C43H26N2O2. The van der Waals surface area contributed by atoms with E-state index in [1.165, 1.54) is 0 Å². The summed E-state index contributed by atoms with van der Waals surface area (Å²) in [5.41, 5.74) is 11.8. The number of imidazole rings is 1. The molecule has 0 atom stereocenters. The zero-order valence-electron chi connectivity index (χ0n) is 25.2. The lowest BCUT2D eigenvalue weighted by atomic mass is 9.95. The Morgan fingerprint density at radius 2 is 1.17 bits per heavy atom. The van der Waals surface area contributed by atoms with E-state index in [1.807, 2.05) is 24.3 Å². The Labute approximate surface area is 269 Å². The molecular weight excluding hydrogens is 576 g/mol. The number of nitrogens with zero attached hydrogens (tertiary/aromatic N) is 2. The van der Waals surface area contributed by atoms with Crippen LogP contribution in [0.1, 0.15) is 0 Å². The molecule has 0 spiro atoms. The van der Waals surface area contributed by atoms with E-state index in [0.717, 1.165) is 94.2 Å². The van der Waals surface area contributed by atoms with Crippen LogP contribution < -0.4 is 0 Å². The highest BCUT2D eigenvalue weighted by Gasteiger charge is 2.23. The Hall–Kier alpha value is -6.39. The van der Waals surface area contributed by atoms with Crippen molar-refractivity contribution in [3.8, 4) is 39.3 Å². The SMILES string of the molecule is c1ccc(-c2c(-c3nc4ccccc4n3-c3ccccc3)ccc3c2oc2c(-c4ccc5oc6ccccc6c5c4)cccc23)cc1. The molecule has 7 aromatic carbocycles. The largest absolute Gasteiger partial charge is 0.456 e. The van der Waals surface area contributed by atoms with Crippen LogP contribution in [0.25, 0.3) is 94.2 Å². The first kappa shape index (κ1) is 25.9. The van der Waals surface area contributed by atoms with Gasteiger partial charge in [-0.15, -0.1) is 0 Å². The fraction of sp³-hybridized carbons (Fsp3) is 0. The van der Waals surface area contributed by atoms with Gasteiger partial charge in [0, 0.05) is 43.9 Å². The zero-order chi connectivity index (χ0) is 30.9. The number of furan rings is 2. The van der Waals surface area contributed by atoms with Gasteiger partial charge in [-0.25, -0.2) is 4.98 Å². The highest BCUT2D eigenvalue weighted by Crippen LogP contribution is 2.45. The molecule has 0 aliphatic rings. The molecule has 220 valence electrons. The molecule has 10 aromatic rings. The highest BCUT2D eigenvalue weighted by molar-refractivity contribution is 6.16. The van der Waals surface area contributed by atoms with Gasteiger partial charge in [0.2, 0.25) is 0 Å². The van der Waals surface area contributed by atoms with Crippen LogP contribution in [0.2, 0.25) is 0 Å². The van der Waals surface area contributed by atoms with Gasteiger partial charge in [0.1, 0.15) is 28.2 Å². The molecule has 4 heteroatoms. The first-order valence-corrected chi connectivity index (χ1v) is 15.8. The van der Waals surface area contributed by atoms with Gasteiger partial charge in [-0.3, -0.25) is 4.57 Å². The van der Waals surface area contributed by atoms with Gasteiger partial charge in [-0.05, 0) is 65.7 Å². The average Bonchev–Trinajstić information content (AvgIpc) is 3.83. The van der Waals surface area contributed by atoms with Gasteiger partial charge < -0.3 is 8.83 Å². The van der Waals surface area contributed by atoms with Crippen LogP contribution in [0.3, 0.4) is 0 Å². The maximum Gasteiger partial charge on any atom is 0.146 e. The van der Waals surface area contributed by atoms with Crippen LogP contribution in [0.5, 0.6) is 0 Å². The maximum absolute atomic E-state index is 7.03. The van der Waals surface area contributed by atoms with Crippen LogP contribution in [0.15, 0.2) is 167 Å². The molecule has 10 rings (SSSR count). The Bertz CT molecular complexity index is 2790. The molecule has 0 bridgehead atoms. The van der Waals surface area contributed by atoms with Crippen molar-refractivity contribution < 1.29 is 8.83 Å². The third-order valence-corrected chi connectivity index (χ3v) is 9.23. The van der Waals surface area contributed by atoms with E-state index >= 15 is 0 Å². The van der Waals surface area contributed by atoms with E-state index in [1.54, 1.807) is 0 Å². The molecule has 4 nitrogen and oxygen atoms in total. The lowest BCUT2D eigenvalue weighted by Crippen LogP contribution is -1.99. The summed E-state index contributed by atoms with van der Waals surface area (Å²) in [6.07, 6.45) is 0. The minimum Gasteiger partial charge on any atom is -0.456 e. The van der Waals surface area contributed by atoms with Crippen molar-refractivity contribution >= 4 is 54.9 Å². The summed E-state index contributed by atoms with van der Waals surface area (Å²) >= 11 is 0. The Morgan fingerprint density at radius 3 is 2.06 bits per heavy atom. The summed E-state index contributed by atoms with van der Waals surface area (Å²) in [7, 11) is 0. The number of hydrogen-bond acceptors (Lipinski definition) is 3. The first-order chi connectivity index (χ1) is 23.3. The number of fused-ring (bicyclic) bond motifs is 7. The summed E-state index contributed by atoms with van der Waals surface area (Å²) in [6.45, 7) is 0. The van der Waals surface area contributed by atoms with E-state index in [-0.39, 0.29) is 0 Å². The summed E-state index contributed by atoms with van der Waals surface area (Å²) < 4.78 is 15.4. The highest BCUT2D eigenvalue weighted by atomic mass is 16.3. The van der Waals surface area contributed by atoms with Gasteiger partial charge in [-0.1, -0.05) is 103 Å². The minimum atomic E-state index is 0.845. The van der Waals surface area contributed by atoms with Crippen molar-refractivity contribution in [1.29, 1.82) is 0 Å². The van der Waals surface area contributed by atoms with Crippen LogP contribution in [-0.4, -0.2) is 9.55 Å². The first-order valence-electron chi connectivity index (χ1n) is 15.8. The molecule has 47 heavy (non-hydrogen) atoms. The van der Waals surface area contributed by atoms with Crippen LogP contribution in [0.4, 0.5) is 0 Å². The van der Waals surface area contributed by atoms with E-state index < -0.39 is 0 Å². The van der Waals surface area contributed by atoms with E-state index in [4.69, 9.17) is 13.8 Å². The van der Waals surface area contributed by atoms with Crippen molar-refractivity contribution in [1.82, 2.24) is 9.55 Å². The van der Waals surface area contributed by atoms with Gasteiger partial charge in [0.25, 0.3) is 0 Å². The molecule has 0 aliphatic carbocycles. The summed E-state index contributed by atoms with van der Waals surface area (Å²) in [4.78, 5) is 5.23. The van der Waals surface area contributed by atoms with E-state index in [9.17, 15) is 0 Å². The van der Waals surface area contributed by atoms with Crippen molar-refractivity contribution in [3.63, 3.8) is 0 Å². The zero-order valence-corrected chi connectivity index (χ0v) is 25.2. The summed E-state index contributed by atoms with van der Waals surface area (Å²) in [5.74, 6) is 0.871. The topological polar surface area (TPSA) is 44.1 Å². The van der Waals surface area contributed by atoms with E-state index in [0.29, 0.717) is 0 Å². The lowest BCUT2D eigenvalue weighted by molar-refractivity contribution is 0.668. The fourth-order valence-corrected chi connectivity index (χ4v) is 7.11. The normalized spacial score (nSPS) is 11.8.